The van der Waals surface area contributed by atoms with Crippen LogP contribution in [0.1, 0.15) is 48.6 Å². The second kappa shape index (κ2) is 2.75. The highest BCUT2D eigenvalue weighted by Crippen LogP contribution is 2.51. The topological polar surface area (TPSA) is 0 Å². The Morgan fingerprint density at radius 2 is 1.69 bits per heavy atom. The summed E-state index contributed by atoms with van der Waals surface area (Å²) in [5, 5.41) is 1.01. The molecule has 0 bridgehead atoms. The highest BCUT2D eigenvalue weighted by molar-refractivity contribution is 6.31. The molecule has 13 heavy (non-hydrogen) atoms. The van der Waals surface area contributed by atoms with Gasteiger partial charge in [0.2, 0.25) is 0 Å². The third kappa shape index (κ3) is 1.38. The van der Waals surface area contributed by atoms with Crippen LogP contribution in [0.4, 0.5) is 0 Å². The molecule has 0 aliphatic heterocycles. The molecule has 3 rings (SSSR count). The fraction of sp³-hybridized carbons (Fsp3) is 0.500. The molecule has 1 aromatic carbocycles. The van der Waals surface area contributed by atoms with Crippen LogP contribution in [0.25, 0.3) is 0 Å². The SMILES string of the molecule is Clc1cccc(C2CC2)c1C1CC1. The van der Waals surface area contributed by atoms with Gasteiger partial charge in [-0.3, -0.25) is 0 Å². The molecular weight excluding hydrogens is 180 g/mol. The number of hydrogen-bond acceptors (Lipinski definition) is 0. The number of hydrogen-bond donors (Lipinski definition) is 0. The van der Waals surface area contributed by atoms with Crippen molar-refractivity contribution in [2.45, 2.75) is 37.5 Å². The van der Waals surface area contributed by atoms with Crippen LogP contribution in [0.2, 0.25) is 5.02 Å². The molecule has 2 saturated carbocycles. The standard InChI is InChI=1S/C12H13Cl/c13-11-3-1-2-10(8-4-5-8)12(11)9-6-7-9/h1-3,8-9H,4-7H2. The minimum absolute atomic E-state index is 0.796. The van der Waals surface area contributed by atoms with Crippen molar-refractivity contribution in [3.63, 3.8) is 0 Å². The average Bonchev–Trinajstić information content (AvgIpc) is 3.00. The molecule has 0 amide bonds. The third-order valence-electron chi connectivity index (χ3n) is 3.09. The van der Waals surface area contributed by atoms with Crippen LogP contribution in [0.3, 0.4) is 0 Å². The van der Waals surface area contributed by atoms with Gasteiger partial charge in [-0.1, -0.05) is 23.7 Å². The second-order valence-electron chi connectivity index (χ2n) is 4.29. The summed E-state index contributed by atoms with van der Waals surface area (Å²) in [6.07, 6.45) is 5.45. The Balaban J connectivity index is 2.09. The Kier molecular flexibility index (Phi) is 1.66. The molecule has 0 atom stereocenters. The lowest BCUT2D eigenvalue weighted by Crippen LogP contribution is -1.90. The molecule has 1 aromatic rings. The maximum Gasteiger partial charge on any atom is 0.0443 e. The predicted molar refractivity (Wildman–Crippen MR) is 55.4 cm³/mol. The second-order valence-corrected chi connectivity index (χ2v) is 4.70. The van der Waals surface area contributed by atoms with Gasteiger partial charge in [0.05, 0.1) is 0 Å². The molecule has 2 aliphatic rings. The smallest absolute Gasteiger partial charge is 0.0443 e. The van der Waals surface area contributed by atoms with Gasteiger partial charge in [0, 0.05) is 5.02 Å². The molecule has 0 heterocycles. The molecule has 1 heteroatoms. The van der Waals surface area contributed by atoms with Gasteiger partial charge >= 0.3 is 0 Å². The van der Waals surface area contributed by atoms with Crippen LogP contribution in [-0.2, 0) is 0 Å². The molecule has 2 fully saturated rings. The van der Waals surface area contributed by atoms with Gasteiger partial charge in [0.1, 0.15) is 0 Å². The fourth-order valence-corrected chi connectivity index (χ4v) is 2.44. The van der Waals surface area contributed by atoms with E-state index < -0.39 is 0 Å². The van der Waals surface area contributed by atoms with Crippen molar-refractivity contribution >= 4 is 11.6 Å². The largest absolute Gasteiger partial charge is 0.0840 e. The zero-order valence-corrected chi connectivity index (χ0v) is 8.35. The molecule has 0 unspecified atom stereocenters. The molecule has 0 spiro atoms. The van der Waals surface area contributed by atoms with E-state index in [-0.39, 0.29) is 0 Å². The lowest BCUT2D eigenvalue weighted by Gasteiger charge is -2.09. The van der Waals surface area contributed by atoms with E-state index in [1.807, 2.05) is 6.07 Å². The Labute approximate surface area is 83.9 Å². The molecule has 0 aromatic heterocycles. The van der Waals surface area contributed by atoms with Crippen molar-refractivity contribution in [3.05, 3.63) is 34.3 Å². The van der Waals surface area contributed by atoms with E-state index in [0.717, 1.165) is 16.9 Å². The van der Waals surface area contributed by atoms with E-state index in [1.165, 1.54) is 31.2 Å². The summed E-state index contributed by atoms with van der Waals surface area (Å²) in [6, 6.07) is 6.42. The quantitative estimate of drug-likeness (QED) is 0.662. The van der Waals surface area contributed by atoms with Gasteiger partial charge in [-0.2, -0.15) is 0 Å². The number of benzene rings is 1. The van der Waals surface area contributed by atoms with Crippen LogP contribution in [0.5, 0.6) is 0 Å². The average molecular weight is 193 g/mol. The zero-order chi connectivity index (χ0) is 8.84. The first-order valence-electron chi connectivity index (χ1n) is 5.14. The maximum absolute atomic E-state index is 6.24. The molecule has 68 valence electrons. The molecule has 0 N–H and O–H groups in total. The van der Waals surface area contributed by atoms with Gasteiger partial charge in [-0.05, 0) is 54.7 Å². The van der Waals surface area contributed by atoms with Gasteiger partial charge in [0.25, 0.3) is 0 Å². The normalized spacial score (nSPS) is 21.9. The molecule has 0 saturated heterocycles. The summed E-state index contributed by atoms with van der Waals surface area (Å²) in [7, 11) is 0. The lowest BCUT2D eigenvalue weighted by atomic mass is 10.00. The summed E-state index contributed by atoms with van der Waals surface area (Å²) in [4.78, 5) is 0. The van der Waals surface area contributed by atoms with E-state index in [9.17, 15) is 0 Å². The fourth-order valence-electron chi connectivity index (χ4n) is 2.11. The van der Waals surface area contributed by atoms with Crippen molar-refractivity contribution in [1.82, 2.24) is 0 Å². The van der Waals surface area contributed by atoms with Crippen molar-refractivity contribution in [1.29, 1.82) is 0 Å². The van der Waals surface area contributed by atoms with E-state index >= 15 is 0 Å². The van der Waals surface area contributed by atoms with Gasteiger partial charge in [0.15, 0.2) is 0 Å². The number of rotatable bonds is 2. The van der Waals surface area contributed by atoms with Crippen LogP contribution in [0, 0.1) is 0 Å². The van der Waals surface area contributed by atoms with E-state index in [1.54, 1.807) is 5.56 Å². The summed E-state index contributed by atoms with van der Waals surface area (Å²) in [6.45, 7) is 0. The van der Waals surface area contributed by atoms with E-state index in [4.69, 9.17) is 11.6 Å². The Bertz CT molecular complexity index is 335. The van der Waals surface area contributed by atoms with Crippen LogP contribution in [0.15, 0.2) is 18.2 Å². The predicted octanol–water partition coefficient (Wildman–Crippen LogP) is 4.09. The van der Waals surface area contributed by atoms with Crippen molar-refractivity contribution in [2.75, 3.05) is 0 Å². The van der Waals surface area contributed by atoms with Crippen LogP contribution >= 0.6 is 11.6 Å². The van der Waals surface area contributed by atoms with Crippen molar-refractivity contribution in [3.8, 4) is 0 Å². The minimum atomic E-state index is 0.796. The summed E-state index contributed by atoms with van der Waals surface area (Å²) in [5.74, 6) is 1.64. The van der Waals surface area contributed by atoms with Gasteiger partial charge in [-0.15, -0.1) is 0 Å². The zero-order valence-electron chi connectivity index (χ0n) is 7.59. The van der Waals surface area contributed by atoms with Gasteiger partial charge < -0.3 is 0 Å². The Morgan fingerprint density at radius 3 is 2.31 bits per heavy atom. The first-order valence-corrected chi connectivity index (χ1v) is 5.52. The highest BCUT2D eigenvalue weighted by Gasteiger charge is 2.33. The van der Waals surface area contributed by atoms with E-state index in [0.29, 0.717) is 0 Å². The first-order chi connectivity index (χ1) is 6.36. The monoisotopic (exact) mass is 192 g/mol. The van der Waals surface area contributed by atoms with Crippen LogP contribution in [-0.4, -0.2) is 0 Å². The summed E-state index contributed by atoms with van der Waals surface area (Å²) < 4.78 is 0. The van der Waals surface area contributed by atoms with Gasteiger partial charge in [-0.25, -0.2) is 0 Å². The Morgan fingerprint density at radius 1 is 1.00 bits per heavy atom. The minimum Gasteiger partial charge on any atom is -0.0840 e. The molecule has 0 nitrogen and oxygen atoms in total. The highest BCUT2D eigenvalue weighted by atomic mass is 35.5. The summed E-state index contributed by atoms with van der Waals surface area (Å²) >= 11 is 6.24. The molecule has 0 radical (unpaired) electrons. The van der Waals surface area contributed by atoms with Crippen molar-refractivity contribution in [2.24, 2.45) is 0 Å². The third-order valence-corrected chi connectivity index (χ3v) is 3.42. The molecule has 2 aliphatic carbocycles. The molecular formula is C12H13Cl. The lowest BCUT2D eigenvalue weighted by molar-refractivity contribution is 1.02. The maximum atomic E-state index is 6.24. The van der Waals surface area contributed by atoms with Crippen molar-refractivity contribution < 1.29 is 0 Å². The first kappa shape index (κ1) is 7.87. The summed E-state index contributed by atoms with van der Waals surface area (Å²) in [5.41, 5.74) is 3.03. The van der Waals surface area contributed by atoms with E-state index in [2.05, 4.69) is 12.1 Å². The van der Waals surface area contributed by atoms with Crippen LogP contribution < -0.4 is 0 Å². The Hall–Kier alpha value is -0.490. The number of halogens is 1.